The lowest BCUT2D eigenvalue weighted by molar-refractivity contribution is 0.927. The Kier molecular flexibility index (Phi) is 1.05. The van der Waals surface area contributed by atoms with E-state index in [0.29, 0.717) is 0 Å². The van der Waals surface area contributed by atoms with Gasteiger partial charge in [0.25, 0.3) is 0 Å². The highest BCUT2D eigenvalue weighted by Crippen LogP contribution is 2.27. The van der Waals surface area contributed by atoms with E-state index in [9.17, 15) is 0 Å². The largest absolute Gasteiger partial charge is 0.0836 e. The van der Waals surface area contributed by atoms with Crippen molar-refractivity contribution in [3.05, 3.63) is 35.5 Å². The lowest BCUT2D eigenvalue weighted by Crippen LogP contribution is -1.86. The third-order valence-corrected chi connectivity index (χ3v) is 1.98. The number of hydrogen-bond acceptors (Lipinski definition) is 0. The second-order valence-electron chi connectivity index (χ2n) is 2.61. The summed E-state index contributed by atoms with van der Waals surface area (Å²) in [5.41, 5.74) is 3.11. The van der Waals surface area contributed by atoms with Crippen LogP contribution in [0.25, 0.3) is 0 Å². The summed E-state index contributed by atoms with van der Waals surface area (Å²) in [5, 5.41) is 0. The Morgan fingerprint density at radius 1 is 1.11 bits per heavy atom. The highest BCUT2D eigenvalue weighted by Gasteiger charge is 2.07. The molecule has 0 heterocycles. The van der Waals surface area contributed by atoms with Gasteiger partial charge in [-0.1, -0.05) is 29.9 Å². The van der Waals surface area contributed by atoms with Gasteiger partial charge in [0.05, 0.1) is 0 Å². The average Bonchev–Trinajstić information content (AvgIpc) is 2.33. The molecule has 0 aliphatic heterocycles. The maximum Gasteiger partial charge on any atom is -0.0126 e. The minimum absolute atomic E-state index is 1.21. The molecule has 0 bridgehead atoms. The minimum Gasteiger partial charge on any atom is -0.0836 e. The first-order valence-corrected chi connectivity index (χ1v) is 3.52. The molecule has 9 heavy (non-hydrogen) atoms. The summed E-state index contributed by atoms with van der Waals surface area (Å²) in [7, 11) is 0. The summed E-state index contributed by atoms with van der Waals surface area (Å²) in [4.78, 5) is 0. The first kappa shape index (κ1) is 5.04. The maximum atomic E-state index is 2.26. The maximum absolute atomic E-state index is 2.26. The second kappa shape index (κ2) is 1.87. The molecule has 0 unspecified atom stereocenters. The SMILES string of the molecule is C1=CC2=C(CC=C2)CC1. The van der Waals surface area contributed by atoms with Gasteiger partial charge in [-0.15, -0.1) is 0 Å². The Morgan fingerprint density at radius 2 is 2.00 bits per heavy atom. The molecule has 0 fully saturated rings. The molecule has 0 saturated heterocycles. The summed E-state index contributed by atoms with van der Waals surface area (Å²) in [5.74, 6) is 0. The van der Waals surface area contributed by atoms with Crippen LogP contribution in [0, 0.1) is 0 Å². The Labute approximate surface area is 55.6 Å². The zero-order valence-electron chi connectivity index (χ0n) is 5.43. The van der Waals surface area contributed by atoms with Crippen LogP contribution in [-0.4, -0.2) is 0 Å². The minimum atomic E-state index is 1.21. The lowest BCUT2D eigenvalue weighted by Gasteiger charge is -2.05. The molecule has 0 spiro atoms. The molecule has 2 rings (SSSR count). The highest BCUT2D eigenvalue weighted by molar-refractivity contribution is 5.43. The Morgan fingerprint density at radius 3 is 2.89 bits per heavy atom. The first-order chi connectivity index (χ1) is 4.47. The normalized spacial score (nSPS) is 23.1. The van der Waals surface area contributed by atoms with Gasteiger partial charge in [-0.3, -0.25) is 0 Å². The molecule has 0 aromatic heterocycles. The fourth-order valence-corrected chi connectivity index (χ4v) is 1.45. The smallest absolute Gasteiger partial charge is 0.0126 e. The molecule has 0 N–H and O–H groups in total. The van der Waals surface area contributed by atoms with E-state index in [4.69, 9.17) is 0 Å². The predicted molar refractivity (Wildman–Crippen MR) is 39.2 cm³/mol. The zero-order chi connectivity index (χ0) is 6.10. The van der Waals surface area contributed by atoms with E-state index in [1.165, 1.54) is 24.8 Å². The van der Waals surface area contributed by atoms with Crippen LogP contribution in [-0.2, 0) is 0 Å². The van der Waals surface area contributed by atoms with Crippen molar-refractivity contribution in [2.45, 2.75) is 19.3 Å². The van der Waals surface area contributed by atoms with Crippen molar-refractivity contribution in [2.24, 2.45) is 0 Å². The van der Waals surface area contributed by atoms with E-state index < -0.39 is 0 Å². The van der Waals surface area contributed by atoms with Gasteiger partial charge in [0, 0.05) is 0 Å². The first-order valence-electron chi connectivity index (χ1n) is 3.52. The average molecular weight is 118 g/mol. The fraction of sp³-hybridized carbons (Fsp3) is 0.333. The van der Waals surface area contributed by atoms with Crippen LogP contribution < -0.4 is 0 Å². The molecule has 0 aromatic carbocycles. The van der Waals surface area contributed by atoms with Gasteiger partial charge in [0.1, 0.15) is 0 Å². The fourth-order valence-electron chi connectivity index (χ4n) is 1.45. The van der Waals surface area contributed by atoms with Gasteiger partial charge >= 0.3 is 0 Å². The molecule has 0 amide bonds. The van der Waals surface area contributed by atoms with E-state index >= 15 is 0 Å². The van der Waals surface area contributed by atoms with E-state index in [-0.39, 0.29) is 0 Å². The molecular weight excluding hydrogens is 108 g/mol. The molecule has 0 radical (unpaired) electrons. The number of hydrogen-bond donors (Lipinski definition) is 0. The Hall–Kier alpha value is -0.780. The van der Waals surface area contributed by atoms with Gasteiger partial charge in [0.2, 0.25) is 0 Å². The molecule has 2 aliphatic carbocycles. The van der Waals surface area contributed by atoms with Crippen LogP contribution in [0.5, 0.6) is 0 Å². The van der Waals surface area contributed by atoms with Crippen LogP contribution in [0.2, 0.25) is 0 Å². The van der Waals surface area contributed by atoms with Gasteiger partial charge in [-0.25, -0.2) is 0 Å². The van der Waals surface area contributed by atoms with Crippen molar-refractivity contribution in [3.8, 4) is 0 Å². The van der Waals surface area contributed by atoms with Gasteiger partial charge < -0.3 is 0 Å². The standard InChI is InChI=1S/C9H10/c1-2-5-9-7-3-6-8(9)4-1/h1,3-4,6H,2,5,7H2. The molecule has 0 nitrogen and oxygen atoms in total. The second-order valence-corrected chi connectivity index (χ2v) is 2.61. The third-order valence-electron chi connectivity index (χ3n) is 1.98. The van der Waals surface area contributed by atoms with Crippen LogP contribution in [0.3, 0.4) is 0 Å². The van der Waals surface area contributed by atoms with Crippen LogP contribution in [0.1, 0.15) is 19.3 Å². The molecule has 46 valence electrons. The molecule has 0 aromatic rings. The van der Waals surface area contributed by atoms with Gasteiger partial charge in [-0.2, -0.15) is 0 Å². The Balaban J connectivity index is 2.35. The summed E-state index contributed by atoms with van der Waals surface area (Å²) in [6.45, 7) is 0. The van der Waals surface area contributed by atoms with Crippen molar-refractivity contribution in [1.82, 2.24) is 0 Å². The quantitative estimate of drug-likeness (QED) is 0.458. The highest BCUT2D eigenvalue weighted by atomic mass is 14.1. The van der Waals surface area contributed by atoms with Crippen molar-refractivity contribution in [2.75, 3.05) is 0 Å². The predicted octanol–water partition coefficient (Wildman–Crippen LogP) is 2.59. The van der Waals surface area contributed by atoms with Crippen LogP contribution in [0.4, 0.5) is 0 Å². The van der Waals surface area contributed by atoms with Crippen molar-refractivity contribution in [3.63, 3.8) is 0 Å². The molecule has 0 heteroatoms. The summed E-state index contributed by atoms with van der Waals surface area (Å²) in [6, 6.07) is 0. The molecule has 2 aliphatic rings. The van der Waals surface area contributed by atoms with Crippen molar-refractivity contribution >= 4 is 0 Å². The lowest BCUT2D eigenvalue weighted by atomic mass is 10.0. The van der Waals surface area contributed by atoms with Crippen molar-refractivity contribution < 1.29 is 0 Å². The van der Waals surface area contributed by atoms with Crippen molar-refractivity contribution in [1.29, 1.82) is 0 Å². The van der Waals surface area contributed by atoms with Crippen LogP contribution >= 0.6 is 0 Å². The number of rotatable bonds is 0. The molecule has 0 atom stereocenters. The monoisotopic (exact) mass is 118 g/mol. The topological polar surface area (TPSA) is 0 Å². The van der Waals surface area contributed by atoms with E-state index in [2.05, 4.69) is 24.3 Å². The number of allylic oxidation sites excluding steroid dienone is 6. The molecular formula is C9H10. The summed E-state index contributed by atoms with van der Waals surface area (Å²) >= 11 is 0. The van der Waals surface area contributed by atoms with Gasteiger partial charge in [0.15, 0.2) is 0 Å². The Bertz CT molecular complexity index is 204. The zero-order valence-corrected chi connectivity index (χ0v) is 5.43. The summed E-state index contributed by atoms with van der Waals surface area (Å²) in [6.07, 6.45) is 12.7. The van der Waals surface area contributed by atoms with E-state index in [1.807, 2.05) is 0 Å². The van der Waals surface area contributed by atoms with E-state index in [0.717, 1.165) is 0 Å². The van der Waals surface area contributed by atoms with Crippen LogP contribution in [0.15, 0.2) is 35.5 Å². The molecule has 0 saturated carbocycles. The summed E-state index contributed by atoms with van der Waals surface area (Å²) < 4.78 is 0. The van der Waals surface area contributed by atoms with Gasteiger partial charge in [-0.05, 0) is 24.8 Å². The third kappa shape index (κ3) is 0.748. The van der Waals surface area contributed by atoms with E-state index in [1.54, 1.807) is 5.57 Å².